The number of ether oxygens (including phenoxy) is 1. The number of carbonyl (C=O) groups is 2. The molecule has 0 aliphatic heterocycles. The first kappa shape index (κ1) is 17.7. The lowest BCUT2D eigenvalue weighted by molar-refractivity contribution is -0.142. The zero-order valence-corrected chi connectivity index (χ0v) is 14.7. The molecule has 0 atom stereocenters. The van der Waals surface area contributed by atoms with Crippen LogP contribution in [0.4, 0.5) is 0 Å². The van der Waals surface area contributed by atoms with Gasteiger partial charge in [-0.1, -0.05) is 60.7 Å². The average Bonchev–Trinajstić information content (AvgIpc) is 3.05. The predicted molar refractivity (Wildman–Crippen MR) is 100 cm³/mol. The van der Waals surface area contributed by atoms with Gasteiger partial charge in [-0.25, -0.2) is 0 Å². The van der Waals surface area contributed by atoms with Crippen molar-refractivity contribution >= 4 is 11.8 Å². The van der Waals surface area contributed by atoms with Crippen LogP contribution in [0, 0.1) is 0 Å². The Morgan fingerprint density at radius 1 is 0.885 bits per heavy atom. The molecule has 0 amide bonds. The second kappa shape index (κ2) is 8.30. The van der Waals surface area contributed by atoms with Crippen LogP contribution in [-0.2, 0) is 22.5 Å². The van der Waals surface area contributed by atoms with Crippen molar-refractivity contribution in [2.24, 2.45) is 0 Å². The van der Waals surface area contributed by atoms with Crippen molar-refractivity contribution in [2.45, 2.75) is 19.9 Å². The number of nitrogens with zero attached hydrogens (tertiary/aromatic N) is 1. The van der Waals surface area contributed by atoms with Crippen molar-refractivity contribution in [3.8, 4) is 0 Å². The van der Waals surface area contributed by atoms with Crippen LogP contribution >= 0.6 is 0 Å². The molecule has 132 valence electrons. The van der Waals surface area contributed by atoms with Gasteiger partial charge in [0, 0.05) is 17.8 Å². The maximum absolute atomic E-state index is 12.9. The van der Waals surface area contributed by atoms with Crippen LogP contribution in [0.2, 0.25) is 0 Å². The molecule has 0 unspecified atom stereocenters. The number of esters is 1. The van der Waals surface area contributed by atoms with Crippen molar-refractivity contribution in [1.82, 2.24) is 4.57 Å². The highest BCUT2D eigenvalue weighted by Crippen LogP contribution is 2.18. The average molecular weight is 347 g/mol. The fraction of sp³-hybridized carbons (Fsp3) is 0.182. The SMILES string of the molecule is CCOC(=O)Cc1ccc(C(=O)c2ccccc2)n1Cc1ccccc1. The van der Waals surface area contributed by atoms with Gasteiger partial charge < -0.3 is 9.30 Å². The molecule has 0 spiro atoms. The zero-order chi connectivity index (χ0) is 18.4. The molecule has 4 nitrogen and oxygen atoms in total. The van der Waals surface area contributed by atoms with E-state index in [2.05, 4.69) is 0 Å². The predicted octanol–water partition coefficient (Wildman–Crippen LogP) is 3.87. The van der Waals surface area contributed by atoms with E-state index in [1.54, 1.807) is 25.1 Å². The Hall–Kier alpha value is -3.14. The molecule has 4 heteroatoms. The molecule has 3 aromatic rings. The molecule has 0 aliphatic carbocycles. The first-order valence-corrected chi connectivity index (χ1v) is 8.66. The van der Waals surface area contributed by atoms with Gasteiger partial charge >= 0.3 is 5.97 Å². The summed E-state index contributed by atoms with van der Waals surface area (Å²) in [5, 5.41) is 0. The minimum atomic E-state index is -0.293. The summed E-state index contributed by atoms with van der Waals surface area (Å²) in [6.07, 6.45) is 0.142. The summed E-state index contributed by atoms with van der Waals surface area (Å²) >= 11 is 0. The van der Waals surface area contributed by atoms with E-state index in [-0.39, 0.29) is 18.2 Å². The second-order valence-corrected chi connectivity index (χ2v) is 5.96. The van der Waals surface area contributed by atoms with Crippen LogP contribution in [0.15, 0.2) is 72.8 Å². The van der Waals surface area contributed by atoms with E-state index in [1.807, 2.05) is 59.2 Å². The smallest absolute Gasteiger partial charge is 0.311 e. The molecule has 0 saturated heterocycles. The Kier molecular flexibility index (Phi) is 5.64. The summed E-state index contributed by atoms with van der Waals surface area (Å²) in [6.45, 7) is 2.65. The highest BCUT2D eigenvalue weighted by atomic mass is 16.5. The van der Waals surface area contributed by atoms with E-state index >= 15 is 0 Å². The summed E-state index contributed by atoms with van der Waals surface area (Å²) in [5.41, 5.74) is 3.03. The molecule has 2 aromatic carbocycles. The Morgan fingerprint density at radius 2 is 1.54 bits per heavy atom. The van der Waals surface area contributed by atoms with Crippen LogP contribution in [0.3, 0.4) is 0 Å². The number of hydrogen-bond donors (Lipinski definition) is 0. The minimum Gasteiger partial charge on any atom is -0.466 e. The van der Waals surface area contributed by atoms with E-state index in [9.17, 15) is 9.59 Å². The molecular formula is C22H21NO3. The Morgan fingerprint density at radius 3 is 2.19 bits per heavy atom. The molecule has 0 aliphatic rings. The van der Waals surface area contributed by atoms with Gasteiger partial charge in [-0.3, -0.25) is 9.59 Å². The standard InChI is InChI=1S/C22H21NO3/c1-2-26-21(24)15-19-13-14-20(22(25)18-11-7-4-8-12-18)23(19)16-17-9-5-3-6-10-17/h3-14H,2,15-16H2,1H3. The number of rotatable bonds is 7. The molecule has 26 heavy (non-hydrogen) atoms. The number of aromatic nitrogens is 1. The first-order chi connectivity index (χ1) is 12.7. The van der Waals surface area contributed by atoms with Crippen LogP contribution < -0.4 is 0 Å². The topological polar surface area (TPSA) is 48.3 Å². The maximum Gasteiger partial charge on any atom is 0.311 e. The molecule has 0 N–H and O–H groups in total. The van der Waals surface area contributed by atoms with Crippen molar-refractivity contribution < 1.29 is 14.3 Å². The molecule has 1 aromatic heterocycles. The zero-order valence-electron chi connectivity index (χ0n) is 14.7. The number of hydrogen-bond acceptors (Lipinski definition) is 3. The normalized spacial score (nSPS) is 10.5. The molecule has 3 rings (SSSR count). The molecule has 0 bridgehead atoms. The molecule has 0 radical (unpaired) electrons. The van der Waals surface area contributed by atoms with E-state index < -0.39 is 0 Å². The second-order valence-electron chi connectivity index (χ2n) is 5.96. The Bertz CT molecular complexity index is 882. The maximum atomic E-state index is 12.9. The van der Waals surface area contributed by atoms with E-state index in [0.717, 1.165) is 11.3 Å². The Balaban J connectivity index is 1.97. The fourth-order valence-corrected chi connectivity index (χ4v) is 2.91. The highest BCUT2D eigenvalue weighted by Gasteiger charge is 2.18. The summed E-state index contributed by atoms with van der Waals surface area (Å²) in [4.78, 5) is 24.9. The molecular weight excluding hydrogens is 326 g/mol. The molecule has 0 fully saturated rings. The van der Waals surface area contributed by atoms with Gasteiger partial charge in [0.2, 0.25) is 5.78 Å². The Labute approximate surface area is 153 Å². The summed E-state index contributed by atoms with van der Waals surface area (Å²) < 4.78 is 6.97. The largest absolute Gasteiger partial charge is 0.466 e. The lowest BCUT2D eigenvalue weighted by atomic mass is 10.1. The van der Waals surface area contributed by atoms with Gasteiger partial charge in [0.05, 0.1) is 18.7 Å². The van der Waals surface area contributed by atoms with Crippen molar-refractivity contribution in [3.63, 3.8) is 0 Å². The molecule has 0 saturated carbocycles. The van der Waals surface area contributed by atoms with Gasteiger partial charge in [0.15, 0.2) is 0 Å². The third-order valence-electron chi connectivity index (χ3n) is 4.15. The third-order valence-corrected chi connectivity index (χ3v) is 4.15. The van der Waals surface area contributed by atoms with Gasteiger partial charge in [-0.2, -0.15) is 0 Å². The van der Waals surface area contributed by atoms with Gasteiger partial charge in [0.1, 0.15) is 0 Å². The lowest BCUT2D eigenvalue weighted by Crippen LogP contribution is -2.16. The van der Waals surface area contributed by atoms with Gasteiger partial charge in [0.25, 0.3) is 0 Å². The van der Waals surface area contributed by atoms with Crippen molar-refractivity contribution in [2.75, 3.05) is 6.61 Å². The summed E-state index contributed by atoms with van der Waals surface area (Å²) in [7, 11) is 0. The monoisotopic (exact) mass is 347 g/mol. The van der Waals surface area contributed by atoms with E-state index in [1.165, 1.54) is 0 Å². The quantitative estimate of drug-likeness (QED) is 0.481. The first-order valence-electron chi connectivity index (χ1n) is 8.66. The number of ketones is 1. The van der Waals surface area contributed by atoms with Crippen molar-refractivity contribution in [1.29, 1.82) is 0 Å². The third kappa shape index (κ3) is 4.09. The van der Waals surface area contributed by atoms with Gasteiger partial charge in [-0.05, 0) is 24.6 Å². The van der Waals surface area contributed by atoms with Crippen molar-refractivity contribution in [3.05, 3.63) is 95.3 Å². The van der Waals surface area contributed by atoms with Crippen LogP contribution in [0.5, 0.6) is 0 Å². The fourth-order valence-electron chi connectivity index (χ4n) is 2.91. The number of carbonyl (C=O) groups excluding carboxylic acids is 2. The minimum absolute atomic E-state index is 0.0587. The van der Waals surface area contributed by atoms with E-state index in [0.29, 0.717) is 24.4 Å². The number of benzene rings is 2. The van der Waals surface area contributed by atoms with Crippen LogP contribution in [0.1, 0.15) is 34.2 Å². The summed E-state index contributed by atoms with van der Waals surface area (Å²) in [6, 6.07) is 22.7. The van der Waals surface area contributed by atoms with Crippen LogP contribution in [-0.4, -0.2) is 22.9 Å². The van der Waals surface area contributed by atoms with E-state index in [4.69, 9.17) is 4.74 Å². The molecule has 1 heterocycles. The van der Waals surface area contributed by atoms with Crippen LogP contribution in [0.25, 0.3) is 0 Å². The lowest BCUT2D eigenvalue weighted by Gasteiger charge is -2.13. The van der Waals surface area contributed by atoms with Gasteiger partial charge in [-0.15, -0.1) is 0 Å². The summed E-state index contributed by atoms with van der Waals surface area (Å²) in [5.74, 6) is -0.352. The highest BCUT2D eigenvalue weighted by molar-refractivity contribution is 6.08.